The third-order valence-electron chi connectivity index (χ3n) is 2.85. The van der Waals surface area contributed by atoms with Gasteiger partial charge in [-0.15, -0.1) is 0 Å². The van der Waals surface area contributed by atoms with Gasteiger partial charge in [0.25, 0.3) is 5.91 Å². The van der Waals surface area contributed by atoms with Gasteiger partial charge in [-0.1, -0.05) is 13.8 Å². The summed E-state index contributed by atoms with van der Waals surface area (Å²) in [6, 6.07) is 2.47. The van der Waals surface area contributed by atoms with Crippen molar-refractivity contribution < 1.29 is 14.3 Å². The largest absolute Gasteiger partial charge is 0.396 e. The van der Waals surface area contributed by atoms with Gasteiger partial charge in [0.05, 0.1) is 11.3 Å². The first-order valence-corrected chi connectivity index (χ1v) is 6.70. The fourth-order valence-electron chi connectivity index (χ4n) is 1.55. The predicted octanol–water partition coefficient (Wildman–Crippen LogP) is 2.31. The molecule has 6 heteroatoms. The van der Waals surface area contributed by atoms with Crippen LogP contribution in [0.1, 0.15) is 30.6 Å². The highest BCUT2D eigenvalue weighted by Gasteiger charge is 2.20. The van der Waals surface area contributed by atoms with Gasteiger partial charge >= 0.3 is 0 Å². The van der Waals surface area contributed by atoms with E-state index in [9.17, 15) is 9.18 Å². The standard InChI is InChI=1S/C13H18BrFN2O2/c1-13(2,3-4-18)7-17-12(19)8-5-11(16)10(15)6-9(8)14/h5-6,18H,3-4,7,16H2,1-2H3,(H,17,19). The third-order valence-corrected chi connectivity index (χ3v) is 3.50. The summed E-state index contributed by atoms with van der Waals surface area (Å²) in [4.78, 5) is 12.0. The van der Waals surface area contributed by atoms with Crippen molar-refractivity contribution in [2.45, 2.75) is 20.3 Å². The summed E-state index contributed by atoms with van der Waals surface area (Å²) in [6.07, 6.45) is 0.583. The van der Waals surface area contributed by atoms with Crippen LogP contribution in [-0.2, 0) is 0 Å². The van der Waals surface area contributed by atoms with Crippen LogP contribution in [0.25, 0.3) is 0 Å². The molecule has 0 bridgehead atoms. The van der Waals surface area contributed by atoms with Crippen LogP contribution >= 0.6 is 15.9 Å². The smallest absolute Gasteiger partial charge is 0.252 e. The Morgan fingerprint density at radius 3 is 2.74 bits per heavy atom. The number of benzene rings is 1. The Kier molecular flexibility index (Phi) is 5.31. The number of rotatable bonds is 5. The number of aliphatic hydroxyl groups is 1. The zero-order chi connectivity index (χ0) is 14.6. The molecule has 0 atom stereocenters. The molecule has 0 aromatic heterocycles. The van der Waals surface area contributed by atoms with Crippen molar-refractivity contribution in [1.82, 2.24) is 5.32 Å². The highest BCUT2D eigenvalue weighted by atomic mass is 79.9. The van der Waals surface area contributed by atoms with E-state index in [0.29, 0.717) is 23.0 Å². The van der Waals surface area contributed by atoms with Gasteiger partial charge in [-0.2, -0.15) is 0 Å². The van der Waals surface area contributed by atoms with Crippen molar-refractivity contribution in [3.63, 3.8) is 0 Å². The summed E-state index contributed by atoms with van der Waals surface area (Å²) >= 11 is 3.14. The molecule has 0 unspecified atom stereocenters. The molecule has 0 spiro atoms. The van der Waals surface area contributed by atoms with Crippen LogP contribution in [0.3, 0.4) is 0 Å². The normalized spacial score (nSPS) is 11.4. The van der Waals surface area contributed by atoms with Crippen LogP contribution in [0.15, 0.2) is 16.6 Å². The van der Waals surface area contributed by atoms with E-state index in [0.717, 1.165) is 0 Å². The van der Waals surface area contributed by atoms with Gasteiger partial charge in [0.1, 0.15) is 5.82 Å². The predicted molar refractivity (Wildman–Crippen MR) is 76.3 cm³/mol. The molecular weight excluding hydrogens is 315 g/mol. The number of nitrogens with one attached hydrogen (secondary N) is 1. The maximum Gasteiger partial charge on any atom is 0.252 e. The number of nitrogens with two attached hydrogens (primary N) is 1. The summed E-state index contributed by atoms with van der Waals surface area (Å²) in [5.74, 6) is -0.895. The summed E-state index contributed by atoms with van der Waals surface area (Å²) in [7, 11) is 0. The quantitative estimate of drug-likeness (QED) is 0.724. The second-order valence-corrected chi connectivity index (χ2v) is 6.03. The van der Waals surface area contributed by atoms with Crippen molar-refractivity contribution in [1.29, 1.82) is 0 Å². The van der Waals surface area contributed by atoms with Gasteiger partial charge in [0, 0.05) is 17.6 Å². The molecule has 19 heavy (non-hydrogen) atoms. The molecule has 0 aliphatic heterocycles. The number of hydrogen-bond acceptors (Lipinski definition) is 3. The lowest BCUT2D eigenvalue weighted by Crippen LogP contribution is -2.34. The molecule has 1 aromatic rings. The molecule has 4 nitrogen and oxygen atoms in total. The Hall–Kier alpha value is -1.14. The average molecular weight is 333 g/mol. The van der Waals surface area contributed by atoms with E-state index in [4.69, 9.17) is 10.8 Å². The number of hydrogen-bond donors (Lipinski definition) is 3. The maximum atomic E-state index is 13.2. The molecule has 0 radical (unpaired) electrons. The lowest BCUT2D eigenvalue weighted by atomic mass is 9.89. The highest BCUT2D eigenvalue weighted by molar-refractivity contribution is 9.10. The van der Waals surface area contributed by atoms with Crippen LogP contribution < -0.4 is 11.1 Å². The molecule has 0 fully saturated rings. The molecule has 4 N–H and O–H groups in total. The number of nitrogen functional groups attached to an aromatic ring is 1. The van der Waals surface area contributed by atoms with E-state index in [2.05, 4.69) is 21.2 Å². The molecule has 1 aromatic carbocycles. The van der Waals surface area contributed by atoms with Crippen LogP contribution in [0.5, 0.6) is 0 Å². The summed E-state index contributed by atoms with van der Waals surface area (Å²) in [6.45, 7) is 4.36. The Balaban J connectivity index is 2.77. The van der Waals surface area contributed by atoms with Gasteiger partial charge in [-0.25, -0.2) is 4.39 Å². The van der Waals surface area contributed by atoms with Crippen molar-refractivity contribution in [3.05, 3.63) is 28.0 Å². The maximum absolute atomic E-state index is 13.2. The number of amides is 1. The lowest BCUT2D eigenvalue weighted by molar-refractivity contribution is 0.0927. The van der Waals surface area contributed by atoms with Gasteiger partial charge in [0.2, 0.25) is 0 Å². The van der Waals surface area contributed by atoms with Crippen molar-refractivity contribution in [2.24, 2.45) is 5.41 Å². The number of carbonyl (C=O) groups is 1. The molecule has 106 valence electrons. The molecule has 0 aliphatic carbocycles. The van der Waals surface area contributed by atoms with E-state index in [1.54, 1.807) is 0 Å². The zero-order valence-electron chi connectivity index (χ0n) is 11.0. The Bertz CT molecular complexity index is 478. The first-order valence-electron chi connectivity index (χ1n) is 5.90. The van der Waals surface area contributed by atoms with Gasteiger partial charge < -0.3 is 16.2 Å². The van der Waals surface area contributed by atoms with E-state index in [1.165, 1.54) is 12.1 Å². The average Bonchev–Trinajstić information content (AvgIpc) is 2.31. The monoisotopic (exact) mass is 332 g/mol. The summed E-state index contributed by atoms with van der Waals surface area (Å²) in [5, 5.41) is 11.7. The Morgan fingerprint density at radius 1 is 1.53 bits per heavy atom. The zero-order valence-corrected chi connectivity index (χ0v) is 12.6. The van der Waals surface area contributed by atoms with Gasteiger partial charge in [-0.05, 0) is 39.9 Å². The fourth-order valence-corrected chi connectivity index (χ4v) is 2.04. The molecule has 0 heterocycles. The van der Waals surface area contributed by atoms with Crippen molar-refractivity contribution in [2.75, 3.05) is 18.9 Å². The molecule has 0 saturated carbocycles. The van der Waals surface area contributed by atoms with E-state index in [1.807, 2.05) is 13.8 Å². The van der Waals surface area contributed by atoms with Crippen LogP contribution in [0.2, 0.25) is 0 Å². The van der Waals surface area contributed by atoms with Crippen LogP contribution in [0.4, 0.5) is 10.1 Å². The fraction of sp³-hybridized carbons (Fsp3) is 0.462. The molecule has 0 saturated heterocycles. The summed E-state index contributed by atoms with van der Waals surface area (Å²) in [5.41, 5.74) is 5.47. The Morgan fingerprint density at radius 2 is 2.16 bits per heavy atom. The molecule has 0 aliphatic rings. The highest BCUT2D eigenvalue weighted by Crippen LogP contribution is 2.23. The van der Waals surface area contributed by atoms with Gasteiger partial charge in [0.15, 0.2) is 0 Å². The van der Waals surface area contributed by atoms with E-state index in [-0.39, 0.29) is 23.6 Å². The minimum atomic E-state index is -0.566. The minimum absolute atomic E-state index is 0.0655. The van der Waals surface area contributed by atoms with Crippen LogP contribution in [0, 0.1) is 11.2 Å². The van der Waals surface area contributed by atoms with E-state index >= 15 is 0 Å². The lowest BCUT2D eigenvalue weighted by Gasteiger charge is -2.24. The SMILES string of the molecule is CC(C)(CCO)CNC(=O)c1cc(N)c(F)cc1Br. The number of halogens is 2. The number of carbonyl (C=O) groups excluding carboxylic acids is 1. The first kappa shape index (κ1) is 15.9. The third kappa shape index (κ3) is 4.47. The van der Waals surface area contributed by atoms with E-state index < -0.39 is 5.82 Å². The first-order chi connectivity index (χ1) is 8.76. The number of anilines is 1. The Labute approximate surface area is 120 Å². The molecule has 1 rings (SSSR count). The number of aliphatic hydroxyl groups excluding tert-OH is 1. The second-order valence-electron chi connectivity index (χ2n) is 5.17. The topological polar surface area (TPSA) is 75.3 Å². The van der Waals surface area contributed by atoms with Crippen LogP contribution in [-0.4, -0.2) is 24.2 Å². The van der Waals surface area contributed by atoms with Gasteiger partial charge in [-0.3, -0.25) is 4.79 Å². The minimum Gasteiger partial charge on any atom is -0.396 e. The molecular formula is C13H18BrFN2O2. The van der Waals surface area contributed by atoms with Crippen molar-refractivity contribution >= 4 is 27.5 Å². The molecule has 1 amide bonds. The van der Waals surface area contributed by atoms with Crippen molar-refractivity contribution in [3.8, 4) is 0 Å². The summed E-state index contributed by atoms with van der Waals surface area (Å²) < 4.78 is 13.5. The second kappa shape index (κ2) is 6.34.